The van der Waals surface area contributed by atoms with Crippen LogP contribution in [0.15, 0.2) is 24.3 Å². The molecule has 0 bridgehead atoms. The Morgan fingerprint density at radius 1 is 1.31 bits per heavy atom. The maximum absolute atomic E-state index is 13.3. The zero-order chi connectivity index (χ0) is 12.2. The highest BCUT2D eigenvalue weighted by molar-refractivity contribution is 5.52. The standard InChI is InChI=1S/C11H7F4N/c12-10-8(4-1-2-7-16)5-3-6-9(10)11(13,14)15/h1,3-6H,2H2. The van der Waals surface area contributed by atoms with Crippen LogP contribution in [0.1, 0.15) is 17.5 Å². The Morgan fingerprint density at radius 3 is 2.56 bits per heavy atom. The molecule has 0 saturated carbocycles. The summed E-state index contributed by atoms with van der Waals surface area (Å²) in [6.07, 6.45) is -2.22. The molecule has 0 aliphatic rings. The molecule has 1 nitrogen and oxygen atoms in total. The lowest BCUT2D eigenvalue weighted by atomic mass is 10.1. The van der Waals surface area contributed by atoms with Gasteiger partial charge in [-0.05, 0) is 6.07 Å². The van der Waals surface area contributed by atoms with Crippen LogP contribution in [-0.2, 0) is 6.18 Å². The van der Waals surface area contributed by atoms with E-state index >= 15 is 0 Å². The lowest BCUT2D eigenvalue weighted by Crippen LogP contribution is -2.08. The van der Waals surface area contributed by atoms with Gasteiger partial charge in [0.15, 0.2) is 0 Å². The normalized spacial score (nSPS) is 11.7. The van der Waals surface area contributed by atoms with E-state index in [0.29, 0.717) is 6.07 Å². The van der Waals surface area contributed by atoms with Crippen LogP contribution in [0.3, 0.4) is 0 Å². The molecule has 0 spiro atoms. The van der Waals surface area contributed by atoms with Gasteiger partial charge in [-0.15, -0.1) is 0 Å². The third-order valence-corrected chi connectivity index (χ3v) is 1.84. The van der Waals surface area contributed by atoms with Crippen molar-refractivity contribution in [3.8, 4) is 6.07 Å². The van der Waals surface area contributed by atoms with E-state index in [4.69, 9.17) is 5.26 Å². The van der Waals surface area contributed by atoms with Crippen molar-refractivity contribution in [1.29, 1.82) is 5.26 Å². The number of benzene rings is 1. The van der Waals surface area contributed by atoms with Crippen molar-refractivity contribution in [2.24, 2.45) is 0 Å². The molecule has 1 rings (SSSR count). The van der Waals surface area contributed by atoms with Crippen LogP contribution in [0.25, 0.3) is 6.08 Å². The van der Waals surface area contributed by atoms with Crippen LogP contribution in [0.4, 0.5) is 17.6 Å². The topological polar surface area (TPSA) is 23.8 Å². The van der Waals surface area contributed by atoms with Gasteiger partial charge < -0.3 is 0 Å². The van der Waals surface area contributed by atoms with Gasteiger partial charge in [0, 0.05) is 5.56 Å². The van der Waals surface area contributed by atoms with Gasteiger partial charge in [-0.1, -0.05) is 24.3 Å². The minimum atomic E-state index is -4.71. The van der Waals surface area contributed by atoms with Crippen molar-refractivity contribution >= 4 is 6.08 Å². The average molecular weight is 229 g/mol. The maximum atomic E-state index is 13.3. The number of hydrogen-bond acceptors (Lipinski definition) is 1. The van der Waals surface area contributed by atoms with Gasteiger partial charge >= 0.3 is 6.18 Å². The molecule has 1 aromatic rings. The Labute approximate surface area is 89.6 Å². The SMILES string of the molecule is N#CCC=Cc1cccc(C(F)(F)F)c1F. The summed E-state index contributed by atoms with van der Waals surface area (Å²) in [5, 5.41) is 8.22. The van der Waals surface area contributed by atoms with Crippen molar-refractivity contribution in [2.75, 3.05) is 0 Å². The molecule has 0 aliphatic carbocycles. The summed E-state index contributed by atoms with van der Waals surface area (Å²) >= 11 is 0. The van der Waals surface area contributed by atoms with Crippen molar-refractivity contribution in [1.82, 2.24) is 0 Å². The smallest absolute Gasteiger partial charge is 0.206 e. The van der Waals surface area contributed by atoms with Gasteiger partial charge in [-0.2, -0.15) is 18.4 Å². The van der Waals surface area contributed by atoms with Gasteiger partial charge in [0.25, 0.3) is 0 Å². The summed E-state index contributed by atoms with van der Waals surface area (Å²) in [6, 6.07) is 4.79. The second kappa shape index (κ2) is 4.79. The first-order valence-corrected chi connectivity index (χ1v) is 4.36. The fraction of sp³-hybridized carbons (Fsp3) is 0.182. The van der Waals surface area contributed by atoms with Gasteiger partial charge in [-0.25, -0.2) is 4.39 Å². The van der Waals surface area contributed by atoms with E-state index in [1.54, 1.807) is 6.07 Å². The van der Waals surface area contributed by atoms with E-state index in [0.717, 1.165) is 12.1 Å². The Balaban J connectivity index is 3.10. The molecule has 0 aromatic heterocycles. The summed E-state index contributed by atoms with van der Waals surface area (Å²) in [7, 11) is 0. The predicted octanol–water partition coefficient (Wildman–Crippen LogP) is 3.77. The molecule has 1 aromatic carbocycles. The van der Waals surface area contributed by atoms with E-state index in [1.165, 1.54) is 12.1 Å². The van der Waals surface area contributed by atoms with E-state index in [-0.39, 0.29) is 12.0 Å². The lowest BCUT2D eigenvalue weighted by Gasteiger charge is -2.08. The molecule has 84 valence electrons. The molecule has 0 radical (unpaired) electrons. The number of nitrogens with zero attached hydrogens (tertiary/aromatic N) is 1. The molecule has 0 unspecified atom stereocenters. The molecule has 0 fully saturated rings. The van der Waals surface area contributed by atoms with Crippen LogP contribution < -0.4 is 0 Å². The fourth-order valence-corrected chi connectivity index (χ4v) is 1.14. The first-order chi connectivity index (χ1) is 7.46. The van der Waals surface area contributed by atoms with E-state index in [2.05, 4.69) is 0 Å². The molecular formula is C11H7F4N. The van der Waals surface area contributed by atoms with Crippen LogP contribution in [0.2, 0.25) is 0 Å². The molecule has 16 heavy (non-hydrogen) atoms. The zero-order valence-corrected chi connectivity index (χ0v) is 8.05. The fourth-order valence-electron chi connectivity index (χ4n) is 1.14. The molecule has 5 heteroatoms. The monoisotopic (exact) mass is 229 g/mol. The van der Waals surface area contributed by atoms with Crippen molar-refractivity contribution in [3.05, 3.63) is 41.2 Å². The van der Waals surface area contributed by atoms with Gasteiger partial charge in [0.1, 0.15) is 5.82 Å². The first kappa shape index (κ1) is 12.2. The number of rotatable bonds is 2. The highest BCUT2D eigenvalue weighted by atomic mass is 19.4. The lowest BCUT2D eigenvalue weighted by molar-refractivity contribution is -0.140. The summed E-state index contributed by atoms with van der Waals surface area (Å²) in [5.74, 6) is -1.32. The minimum Gasteiger partial charge on any atom is -0.206 e. The van der Waals surface area contributed by atoms with E-state index in [1.807, 2.05) is 0 Å². The second-order valence-corrected chi connectivity index (χ2v) is 2.97. The molecule has 0 aliphatic heterocycles. The molecule has 0 atom stereocenters. The van der Waals surface area contributed by atoms with Gasteiger partial charge in [-0.3, -0.25) is 0 Å². The molecule has 0 heterocycles. The third-order valence-electron chi connectivity index (χ3n) is 1.84. The third kappa shape index (κ3) is 2.83. The van der Waals surface area contributed by atoms with Crippen LogP contribution >= 0.6 is 0 Å². The van der Waals surface area contributed by atoms with Crippen LogP contribution in [0, 0.1) is 17.1 Å². The molecule has 0 amide bonds. The summed E-state index contributed by atoms with van der Waals surface area (Å²) in [5.41, 5.74) is -1.48. The molecule has 0 N–H and O–H groups in total. The zero-order valence-electron chi connectivity index (χ0n) is 8.05. The number of hydrogen-bond donors (Lipinski definition) is 0. The highest BCUT2D eigenvalue weighted by Crippen LogP contribution is 2.32. The Bertz CT molecular complexity index is 440. The minimum absolute atomic E-state index is 0.0235. The summed E-state index contributed by atoms with van der Waals surface area (Å²) in [4.78, 5) is 0. The van der Waals surface area contributed by atoms with Crippen molar-refractivity contribution < 1.29 is 17.6 Å². The Morgan fingerprint density at radius 2 is 2.00 bits per heavy atom. The van der Waals surface area contributed by atoms with Crippen LogP contribution in [-0.4, -0.2) is 0 Å². The number of alkyl halides is 3. The maximum Gasteiger partial charge on any atom is 0.419 e. The highest BCUT2D eigenvalue weighted by Gasteiger charge is 2.34. The van der Waals surface area contributed by atoms with Crippen molar-refractivity contribution in [3.63, 3.8) is 0 Å². The first-order valence-electron chi connectivity index (χ1n) is 4.36. The predicted molar refractivity (Wildman–Crippen MR) is 50.7 cm³/mol. The Hall–Kier alpha value is -1.83. The van der Waals surface area contributed by atoms with Crippen molar-refractivity contribution in [2.45, 2.75) is 12.6 Å². The molecular weight excluding hydrogens is 222 g/mol. The quantitative estimate of drug-likeness (QED) is 0.708. The Kier molecular flexibility index (Phi) is 3.67. The largest absolute Gasteiger partial charge is 0.419 e. The van der Waals surface area contributed by atoms with Crippen LogP contribution in [0.5, 0.6) is 0 Å². The second-order valence-electron chi connectivity index (χ2n) is 2.97. The van der Waals surface area contributed by atoms with Gasteiger partial charge in [0.05, 0.1) is 18.1 Å². The average Bonchev–Trinajstić information content (AvgIpc) is 2.19. The molecule has 0 saturated heterocycles. The number of nitriles is 1. The summed E-state index contributed by atoms with van der Waals surface area (Å²) in [6.45, 7) is 0. The summed E-state index contributed by atoms with van der Waals surface area (Å²) < 4.78 is 50.2. The van der Waals surface area contributed by atoms with E-state index < -0.39 is 17.6 Å². The van der Waals surface area contributed by atoms with E-state index in [9.17, 15) is 17.6 Å². The number of allylic oxidation sites excluding steroid dienone is 1. The number of halogens is 4. The van der Waals surface area contributed by atoms with Gasteiger partial charge in [0.2, 0.25) is 0 Å².